The van der Waals surface area contributed by atoms with E-state index in [1.807, 2.05) is 19.1 Å². The average Bonchev–Trinajstić information content (AvgIpc) is 2.67. The number of ether oxygens (including phenoxy) is 3. The van der Waals surface area contributed by atoms with Crippen LogP contribution in [0.2, 0.25) is 0 Å². The molecule has 0 spiro atoms. The lowest BCUT2D eigenvalue weighted by molar-refractivity contribution is 0.353. The molecule has 0 amide bonds. The molecule has 1 aromatic heterocycles. The maximum absolute atomic E-state index is 5.35. The fourth-order valence-corrected chi connectivity index (χ4v) is 1.87. The predicted molar refractivity (Wildman–Crippen MR) is 62.7 cm³/mol. The lowest BCUT2D eigenvalue weighted by Gasteiger charge is -2.11. The van der Waals surface area contributed by atoms with E-state index in [2.05, 4.69) is 4.98 Å². The Morgan fingerprint density at radius 3 is 2.19 bits per heavy atom. The van der Waals surface area contributed by atoms with E-state index in [1.54, 1.807) is 21.3 Å². The molecule has 1 N–H and O–H groups in total. The average molecular weight is 221 g/mol. The van der Waals surface area contributed by atoms with E-state index in [0.717, 1.165) is 22.3 Å². The molecule has 2 aromatic rings. The Kier molecular flexibility index (Phi) is 2.64. The number of benzene rings is 1. The van der Waals surface area contributed by atoms with E-state index >= 15 is 0 Å². The number of methoxy groups -OCH3 is 3. The number of hydrogen-bond donors (Lipinski definition) is 1. The van der Waals surface area contributed by atoms with Crippen molar-refractivity contribution in [3.8, 4) is 17.2 Å². The molecule has 0 aliphatic rings. The standard InChI is InChI=1S/C12H15NO3/c1-7-5-8-9(14-2)6-10(15-3)12(16-4)11(8)13-7/h5-6,13H,1-4H3. The molecule has 0 bridgehead atoms. The van der Waals surface area contributed by atoms with Crippen molar-refractivity contribution in [3.05, 3.63) is 17.8 Å². The van der Waals surface area contributed by atoms with Gasteiger partial charge in [-0.25, -0.2) is 0 Å². The minimum absolute atomic E-state index is 0.661. The highest BCUT2D eigenvalue weighted by Crippen LogP contribution is 2.41. The Morgan fingerprint density at radius 2 is 1.62 bits per heavy atom. The van der Waals surface area contributed by atoms with Crippen LogP contribution in [0.3, 0.4) is 0 Å². The molecule has 0 radical (unpaired) electrons. The van der Waals surface area contributed by atoms with Crippen molar-refractivity contribution in [1.82, 2.24) is 4.98 Å². The summed E-state index contributed by atoms with van der Waals surface area (Å²) in [6.07, 6.45) is 0. The minimum Gasteiger partial charge on any atom is -0.496 e. The molecule has 0 atom stereocenters. The Hall–Kier alpha value is -1.84. The van der Waals surface area contributed by atoms with Gasteiger partial charge in [0.05, 0.1) is 26.8 Å². The van der Waals surface area contributed by atoms with Crippen molar-refractivity contribution in [2.45, 2.75) is 6.92 Å². The van der Waals surface area contributed by atoms with Crippen LogP contribution in [0.5, 0.6) is 17.2 Å². The smallest absolute Gasteiger partial charge is 0.185 e. The Morgan fingerprint density at radius 1 is 0.938 bits per heavy atom. The van der Waals surface area contributed by atoms with E-state index in [0.29, 0.717) is 11.5 Å². The summed E-state index contributed by atoms with van der Waals surface area (Å²) >= 11 is 0. The number of rotatable bonds is 3. The van der Waals surface area contributed by atoms with Crippen LogP contribution < -0.4 is 14.2 Å². The lowest BCUT2D eigenvalue weighted by Crippen LogP contribution is -1.93. The van der Waals surface area contributed by atoms with Gasteiger partial charge in [-0.1, -0.05) is 0 Å². The first kappa shape index (κ1) is 10.7. The molecular weight excluding hydrogens is 206 g/mol. The monoisotopic (exact) mass is 221 g/mol. The summed E-state index contributed by atoms with van der Waals surface area (Å²) in [6.45, 7) is 1.99. The number of aryl methyl sites for hydroxylation is 1. The third kappa shape index (κ3) is 1.46. The van der Waals surface area contributed by atoms with Gasteiger partial charge in [0, 0.05) is 17.1 Å². The fourth-order valence-electron chi connectivity index (χ4n) is 1.87. The Labute approximate surface area is 94.1 Å². The van der Waals surface area contributed by atoms with Crippen LogP contribution in [0.25, 0.3) is 10.9 Å². The van der Waals surface area contributed by atoms with E-state index in [9.17, 15) is 0 Å². The van der Waals surface area contributed by atoms with Gasteiger partial charge in [0.1, 0.15) is 5.75 Å². The van der Waals surface area contributed by atoms with Crippen LogP contribution in [-0.2, 0) is 0 Å². The summed E-state index contributed by atoms with van der Waals surface area (Å²) in [5.74, 6) is 2.14. The number of H-pyrrole nitrogens is 1. The van der Waals surface area contributed by atoms with Gasteiger partial charge in [0.25, 0.3) is 0 Å². The number of hydrogen-bond acceptors (Lipinski definition) is 3. The van der Waals surface area contributed by atoms with Crippen LogP contribution in [-0.4, -0.2) is 26.3 Å². The quantitative estimate of drug-likeness (QED) is 0.866. The van der Waals surface area contributed by atoms with Crippen LogP contribution in [0.1, 0.15) is 5.69 Å². The van der Waals surface area contributed by atoms with Crippen molar-refractivity contribution < 1.29 is 14.2 Å². The minimum atomic E-state index is 0.661. The molecule has 0 unspecified atom stereocenters. The van der Waals surface area contributed by atoms with Crippen LogP contribution in [0, 0.1) is 6.92 Å². The lowest BCUT2D eigenvalue weighted by atomic mass is 10.2. The van der Waals surface area contributed by atoms with Crippen molar-refractivity contribution in [2.24, 2.45) is 0 Å². The zero-order valence-electron chi connectivity index (χ0n) is 9.88. The highest BCUT2D eigenvalue weighted by atomic mass is 16.5. The molecule has 4 nitrogen and oxygen atoms in total. The van der Waals surface area contributed by atoms with Crippen LogP contribution >= 0.6 is 0 Å². The molecule has 0 fully saturated rings. The van der Waals surface area contributed by atoms with Crippen molar-refractivity contribution in [2.75, 3.05) is 21.3 Å². The third-order valence-corrected chi connectivity index (χ3v) is 2.57. The highest BCUT2D eigenvalue weighted by Gasteiger charge is 2.15. The molecule has 0 aliphatic heterocycles. The van der Waals surface area contributed by atoms with Gasteiger partial charge in [-0.15, -0.1) is 0 Å². The Bertz CT molecular complexity index is 516. The maximum Gasteiger partial charge on any atom is 0.185 e. The molecule has 2 rings (SSSR count). The van der Waals surface area contributed by atoms with Crippen molar-refractivity contribution >= 4 is 10.9 Å². The second-order valence-electron chi connectivity index (χ2n) is 3.56. The van der Waals surface area contributed by atoms with Crippen LogP contribution in [0.4, 0.5) is 0 Å². The zero-order valence-corrected chi connectivity index (χ0v) is 9.88. The molecule has 1 aromatic carbocycles. The summed E-state index contributed by atoms with van der Waals surface area (Å²) in [4.78, 5) is 3.24. The van der Waals surface area contributed by atoms with Gasteiger partial charge in [-0.2, -0.15) is 0 Å². The topological polar surface area (TPSA) is 43.5 Å². The van der Waals surface area contributed by atoms with Gasteiger partial charge in [0.15, 0.2) is 11.5 Å². The first-order chi connectivity index (χ1) is 7.71. The van der Waals surface area contributed by atoms with Gasteiger partial charge >= 0.3 is 0 Å². The molecular formula is C12H15NO3. The molecule has 0 aliphatic carbocycles. The number of aromatic amines is 1. The zero-order chi connectivity index (χ0) is 11.7. The summed E-state index contributed by atoms with van der Waals surface area (Å²) < 4.78 is 15.9. The molecule has 1 heterocycles. The Balaban J connectivity index is 2.82. The highest BCUT2D eigenvalue weighted by molar-refractivity contribution is 5.94. The number of fused-ring (bicyclic) bond motifs is 1. The number of aromatic nitrogens is 1. The van der Waals surface area contributed by atoms with Gasteiger partial charge in [0.2, 0.25) is 0 Å². The van der Waals surface area contributed by atoms with Crippen molar-refractivity contribution in [1.29, 1.82) is 0 Å². The summed E-state index contributed by atoms with van der Waals surface area (Å²) in [5, 5.41) is 0.998. The van der Waals surface area contributed by atoms with Crippen molar-refractivity contribution in [3.63, 3.8) is 0 Å². The summed E-state index contributed by atoms with van der Waals surface area (Å²) in [6, 6.07) is 3.85. The molecule has 86 valence electrons. The normalized spacial score (nSPS) is 10.5. The van der Waals surface area contributed by atoms with Gasteiger partial charge in [-0.05, 0) is 13.0 Å². The predicted octanol–water partition coefficient (Wildman–Crippen LogP) is 2.50. The largest absolute Gasteiger partial charge is 0.496 e. The summed E-state index contributed by atoms with van der Waals surface area (Å²) in [7, 11) is 4.88. The fraction of sp³-hybridized carbons (Fsp3) is 0.333. The summed E-state index contributed by atoms with van der Waals surface area (Å²) in [5.41, 5.74) is 1.95. The third-order valence-electron chi connectivity index (χ3n) is 2.57. The first-order valence-corrected chi connectivity index (χ1v) is 4.99. The van der Waals surface area contributed by atoms with Gasteiger partial charge in [-0.3, -0.25) is 0 Å². The first-order valence-electron chi connectivity index (χ1n) is 4.99. The second-order valence-corrected chi connectivity index (χ2v) is 3.56. The van der Waals surface area contributed by atoms with Gasteiger partial charge < -0.3 is 19.2 Å². The number of nitrogens with one attached hydrogen (secondary N) is 1. The molecule has 4 heteroatoms. The van der Waals surface area contributed by atoms with E-state index in [-0.39, 0.29) is 0 Å². The van der Waals surface area contributed by atoms with Crippen LogP contribution in [0.15, 0.2) is 12.1 Å². The van der Waals surface area contributed by atoms with E-state index in [4.69, 9.17) is 14.2 Å². The SMILES string of the molecule is COc1cc(OC)c2cc(C)[nH]c2c1OC. The molecule has 16 heavy (non-hydrogen) atoms. The van der Waals surface area contributed by atoms with E-state index in [1.165, 1.54) is 0 Å². The van der Waals surface area contributed by atoms with E-state index < -0.39 is 0 Å². The molecule has 0 saturated carbocycles. The molecule has 0 saturated heterocycles. The second kappa shape index (κ2) is 3.96. The maximum atomic E-state index is 5.35.